The first-order valence-corrected chi connectivity index (χ1v) is 7.15. The molecule has 0 unspecified atom stereocenters. The first-order chi connectivity index (χ1) is 9.64. The van der Waals surface area contributed by atoms with E-state index in [1.165, 1.54) is 5.56 Å². The zero-order chi connectivity index (χ0) is 13.9. The highest BCUT2D eigenvalue weighted by Crippen LogP contribution is 2.66. The third-order valence-electron chi connectivity index (χ3n) is 4.65. The number of carbonyl (C=O) groups excluding carboxylic acids is 1. The van der Waals surface area contributed by atoms with Crippen molar-refractivity contribution in [1.29, 1.82) is 0 Å². The molecule has 2 aliphatic rings. The van der Waals surface area contributed by atoms with Gasteiger partial charge in [-0.1, -0.05) is 41.9 Å². The molecule has 2 atom stereocenters. The Hall–Kier alpha value is -1.80. The average Bonchev–Trinajstić information content (AvgIpc) is 3.19. The van der Waals surface area contributed by atoms with Gasteiger partial charge in [-0.3, -0.25) is 4.79 Å². The summed E-state index contributed by atoms with van der Waals surface area (Å²) in [5, 5.41) is 0.699. The van der Waals surface area contributed by atoms with Crippen molar-refractivity contribution >= 4 is 23.2 Å². The Morgan fingerprint density at radius 3 is 2.70 bits per heavy atom. The van der Waals surface area contributed by atoms with Crippen LogP contribution in [0.4, 0.5) is 5.69 Å². The van der Waals surface area contributed by atoms with Crippen LogP contribution in [-0.4, -0.2) is 13.0 Å². The predicted octanol–water partition coefficient (Wildman–Crippen LogP) is 3.74. The summed E-state index contributed by atoms with van der Waals surface area (Å²) in [5.41, 5.74) is 2.95. The second-order valence-corrected chi connectivity index (χ2v) is 6.10. The molecule has 1 spiro atoms. The number of hydrogen-bond acceptors (Lipinski definition) is 1. The van der Waals surface area contributed by atoms with E-state index in [1.54, 1.807) is 4.90 Å². The smallest absolute Gasteiger partial charge is 0.238 e. The number of amides is 1. The fourth-order valence-electron chi connectivity index (χ4n) is 3.57. The van der Waals surface area contributed by atoms with Crippen molar-refractivity contribution in [2.24, 2.45) is 0 Å². The summed E-state index contributed by atoms with van der Waals surface area (Å²) in [5.74, 6) is 0.474. The summed E-state index contributed by atoms with van der Waals surface area (Å²) in [7, 11) is 1.85. The Balaban J connectivity index is 1.85. The minimum Gasteiger partial charge on any atom is -0.314 e. The second kappa shape index (κ2) is 3.86. The number of rotatable bonds is 1. The highest BCUT2D eigenvalue weighted by molar-refractivity contribution is 6.31. The third kappa shape index (κ3) is 1.37. The highest BCUT2D eigenvalue weighted by atomic mass is 35.5. The van der Waals surface area contributed by atoms with Crippen LogP contribution in [0.3, 0.4) is 0 Å². The van der Waals surface area contributed by atoms with Crippen molar-refractivity contribution in [1.82, 2.24) is 0 Å². The molecule has 2 nitrogen and oxygen atoms in total. The largest absolute Gasteiger partial charge is 0.314 e. The molecule has 1 amide bonds. The summed E-state index contributed by atoms with van der Waals surface area (Å²) >= 11 is 6.14. The maximum atomic E-state index is 12.7. The molecule has 0 saturated heterocycles. The second-order valence-electron chi connectivity index (χ2n) is 5.66. The van der Waals surface area contributed by atoms with E-state index in [-0.39, 0.29) is 17.2 Å². The first-order valence-electron chi connectivity index (χ1n) is 6.78. The maximum absolute atomic E-state index is 12.7. The molecule has 0 radical (unpaired) electrons. The summed E-state index contributed by atoms with van der Waals surface area (Å²) in [4.78, 5) is 14.5. The summed E-state index contributed by atoms with van der Waals surface area (Å²) in [6, 6.07) is 16.0. The topological polar surface area (TPSA) is 20.3 Å². The normalized spacial score (nSPS) is 27.0. The highest BCUT2D eigenvalue weighted by Gasteiger charge is 2.66. The van der Waals surface area contributed by atoms with Crippen LogP contribution in [0.25, 0.3) is 0 Å². The van der Waals surface area contributed by atoms with Crippen LogP contribution >= 0.6 is 11.6 Å². The van der Waals surface area contributed by atoms with Gasteiger partial charge in [0, 0.05) is 23.7 Å². The van der Waals surface area contributed by atoms with Crippen LogP contribution in [0, 0.1) is 0 Å². The van der Waals surface area contributed by atoms with Crippen molar-refractivity contribution in [2.75, 3.05) is 11.9 Å². The number of likely N-dealkylation sites (N-methyl/N-ethyl adjacent to an activating group) is 1. The molecular formula is C17H14ClNO. The van der Waals surface area contributed by atoms with Gasteiger partial charge in [-0.15, -0.1) is 0 Å². The first kappa shape index (κ1) is 12.0. The van der Waals surface area contributed by atoms with E-state index in [2.05, 4.69) is 12.1 Å². The zero-order valence-electron chi connectivity index (χ0n) is 11.1. The molecule has 20 heavy (non-hydrogen) atoms. The van der Waals surface area contributed by atoms with E-state index >= 15 is 0 Å². The van der Waals surface area contributed by atoms with Crippen LogP contribution < -0.4 is 4.90 Å². The molecule has 0 bridgehead atoms. The summed E-state index contributed by atoms with van der Waals surface area (Å²) in [6.07, 6.45) is 0.882. The summed E-state index contributed by atoms with van der Waals surface area (Å²) < 4.78 is 0. The fourth-order valence-corrected chi connectivity index (χ4v) is 3.74. The zero-order valence-corrected chi connectivity index (χ0v) is 11.9. The predicted molar refractivity (Wildman–Crippen MR) is 80.3 cm³/mol. The number of carbonyl (C=O) groups is 1. The van der Waals surface area contributed by atoms with Gasteiger partial charge in [0.2, 0.25) is 5.91 Å². The van der Waals surface area contributed by atoms with E-state index in [9.17, 15) is 4.79 Å². The Morgan fingerprint density at radius 2 is 1.95 bits per heavy atom. The monoisotopic (exact) mass is 283 g/mol. The molecule has 2 aromatic rings. The van der Waals surface area contributed by atoms with Crippen molar-refractivity contribution in [3.63, 3.8) is 0 Å². The Labute approximate surface area is 123 Å². The lowest BCUT2D eigenvalue weighted by molar-refractivity contribution is -0.120. The van der Waals surface area contributed by atoms with Gasteiger partial charge in [-0.2, -0.15) is 0 Å². The minimum atomic E-state index is -0.379. The number of anilines is 1. The molecule has 1 aliphatic heterocycles. The standard InChI is InChI=1S/C17H14ClNO/c1-19-15-8-7-12(18)9-13(15)17(16(19)20)10-14(17)11-5-3-2-4-6-11/h2-9,14H,10H2,1H3/t14-,17-/m1/s1. The number of halogens is 1. The van der Waals surface area contributed by atoms with Gasteiger partial charge in [-0.05, 0) is 35.7 Å². The molecule has 100 valence electrons. The lowest BCUT2D eigenvalue weighted by Crippen LogP contribution is -2.29. The summed E-state index contributed by atoms with van der Waals surface area (Å²) in [6.45, 7) is 0. The molecule has 1 heterocycles. The molecule has 1 aliphatic carbocycles. The molecule has 0 aromatic heterocycles. The van der Waals surface area contributed by atoms with Gasteiger partial charge >= 0.3 is 0 Å². The van der Waals surface area contributed by atoms with Crippen molar-refractivity contribution in [3.05, 3.63) is 64.7 Å². The van der Waals surface area contributed by atoms with Crippen LogP contribution in [0.1, 0.15) is 23.5 Å². The molecule has 0 N–H and O–H groups in total. The lowest BCUT2D eigenvalue weighted by Gasteiger charge is -2.11. The van der Waals surface area contributed by atoms with Gasteiger partial charge in [0.15, 0.2) is 0 Å². The van der Waals surface area contributed by atoms with Gasteiger partial charge in [-0.25, -0.2) is 0 Å². The van der Waals surface area contributed by atoms with Gasteiger partial charge < -0.3 is 4.90 Å². The Bertz CT molecular complexity index is 712. The number of nitrogens with zero attached hydrogens (tertiary/aromatic N) is 1. The van der Waals surface area contributed by atoms with Crippen LogP contribution in [0.15, 0.2) is 48.5 Å². The van der Waals surface area contributed by atoms with E-state index < -0.39 is 0 Å². The third-order valence-corrected chi connectivity index (χ3v) is 4.88. The van der Waals surface area contributed by atoms with Gasteiger partial charge in [0.25, 0.3) is 0 Å². The number of benzene rings is 2. The van der Waals surface area contributed by atoms with Crippen LogP contribution in [0.5, 0.6) is 0 Å². The van der Waals surface area contributed by atoms with Gasteiger partial charge in [0.05, 0.1) is 5.41 Å². The van der Waals surface area contributed by atoms with Crippen molar-refractivity contribution < 1.29 is 4.79 Å². The van der Waals surface area contributed by atoms with Crippen LogP contribution in [-0.2, 0) is 10.2 Å². The van der Waals surface area contributed by atoms with E-state index in [0.29, 0.717) is 5.02 Å². The molecule has 1 fully saturated rings. The number of fused-ring (bicyclic) bond motifs is 2. The molecule has 2 aromatic carbocycles. The molecule has 1 saturated carbocycles. The Morgan fingerprint density at radius 1 is 1.20 bits per heavy atom. The van der Waals surface area contributed by atoms with E-state index in [0.717, 1.165) is 17.7 Å². The molecular weight excluding hydrogens is 270 g/mol. The quantitative estimate of drug-likeness (QED) is 0.781. The SMILES string of the molecule is CN1C(=O)[C@]2(C[C@@H]2c2ccccc2)c2cc(Cl)ccc21. The number of hydrogen-bond donors (Lipinski definition) is 0. The Kier molecular flexibility index (Phi) is 2.31. The van der Waals surface area contributed by atoms with E-state index in [4.69, 9.17) is 11.6 Å². The fraction of sp³-hybridized carbons (Fsp3) is 0.235. The maximum Gasteiger partial charge on any atom is 0.238 e. The molecule has 4 rings (SSSR count). The van der Waals surface area contributed by atoms with Crippen molar-refractivity contribution in [3.8, 4) is 0 Å². The lowest BCUT2D eigenvalue weighted by atomic mass is 9.92. The average molecular weight is 284 g/mol. The van der Waals surface area contributed by atoms with E-state index in [1.807, 2.05) is 43.4 Å². The van der Waals surface area contributed by atoms with Crippen LogP contribution in [0.2, 0.25) is 5.02 Å². The molecule has 3 heteroatoms. The van der Waals surface area contributed by atoms with Gasteiger partial charge in [0.1, 0.15) is 0 Å². The van der Waals surface area contributed by atoms with Crippen molar-refractivity contribution in [2.45, 2.75) is 17.8 Å². The minimum absolute atomic E-state index is 0.198.